The third-order valence-corrected chi connectivity index (χ3v) is 2.54. The molecule has 0 spiro atoms. The van der Waals surface area contributed by atoms with Crippen LogP contribution >= 0.6 is 0 Å². The molecule has 0 amide bonds. The second-order valence-corrected chi connectivity index (χ2v) is 3.64. The van der Waals surface area contributed by atoms with Crippen LogP contribution < -0.4 is 17.0 Å². The summed E-state index contributed by atoms with van der Waals surface area (Å²) in [5.74, 6) is 0.203. The van der Waals surface area contributed by atoms with Gasteiger partial charge in [-0.05, 0) is 17.3 Å². The van der Waals surface area contributed by atoms with Gasteiger partial charge in [-0.25, -0.2) is 4.79 Å². The third-order valence-electron chi connectivity index (χ3n) is 2.54. The fraction of sp³-hybridized carbons (Fsp3) is 0.200. The van der Waals surface area contributed by atoms with Crippen molar-refractivity contribution in [3.05, 3.63) is 49.9 Å². The zero-order valence-corrected chi connectivity index (χ0v) is 9.49. The molecule has 0 aliphatic carbocycles. The van der Waals surface area contributed by atoms with Crippen molar-refractivity contribution in [3.8, 4) is 0 Å². The van der Waals surface area contributed by atoms with Crippen LogP contribution in [0.5, 0.6) is 0 Å². The number of nitrogens with two attached hydrogens (primary N) is 1. The summed E-state index contributed by atoms with van der Waals surface area (Å²) < 4.78 is 6.91. The minimum atomic E-state index is -0.816. The van der Waals surface area contributed by atoms with Crippen LogP contribution in [0, 0.1) is 4.91 Å². The molecular weight excluding hydrogens is 240 g/mol. The first-order valence-electron chi connectivity index (χ1n) is 5.01. The fourth-order valence-electron chi connectivity index (χ4n) is 1.56. The van der Waals surface area contributed by atoms with Crippen molar-refractivity contribution in [1.82, 2.24) is 9.13 Å². The van der Waals surface area contributed by atoms with Crippen LogP contribution in [-0.2, 0) is 13.6 Å². The maximum absolute atomic E-state index is 11.9. The van der Waals surface area contributed by atoms with Gasteiger partial charge in [-0.1, -0.05) is 0 Å². The summed E-state index contributed by atoms with van der Waals surface area (Å²) >= 11 is 0. The minimum Gasteiger partial charge on any atom is -0.467 e. The highest BCUT2D eigenvalue weighted by Gasteiger charge is 2.16. The molecule has 2 aromatic heterocycles. The molecule has 2 rings (SSSR count). The highest BCUT2D eigenvalue weighted by Crippen LogP contribution is 2.15. The molecule has 2 heterocycles. The normalized spacial score (nSPS) is 10.5. The summed E-state index contributed by atoms with van der Waals surface area (Å²) in [6, 6.07) is 3.29. The van der Waals surface area contributed by atoms with Crippen LogP contribution in [0.3, 0.4) is 0 Å². The summed E-state index contributed by atoms with van der Waals surface area (Å²) in [5, 5.41) is 2.56. The van der Waals surface area contributed by atoms with Crippen molar-refractivity contribution in [2.24, 2.45) is 12.2 Å². The molecule has 0 saturated heterocycles. The Morgan fingerprint density at radius 2 is 2.17 bits per heavy atom. The fourth-order valence-corrected chi connectivity index (χ4v) is 1.56. The molecule has 94 valence electrons. The third kappa shape index (κ3) is 1.73. The quantitative estimate of drug-likeness (QED) is 0.780. The average Bonchev–Trinajstić information content (AvgIpc) is 2.86. The van der Waals surface area contributed by atoms with E-state index in [2.05, 4.69) is 5.18 Å². The molecule has 2 N–H and O–H groups in total. The average molecular weight is 250 g/mol. The molecule has 0 aliphatic heterocycles. The monoisotopic (exact) mass is 250 g/mol. The van der Waals surface area contributed by atoms with Crippen molar-refractivity contribution in [2.45, 2.75) is 6.54 Å². The Kier molecular flexibility index (Phi) is 2.84. The molecule has 0 saturated carbocycles. The van der Waals surface area contributed by atoms with Gasteiger partial charge in [0.15, 0.2) is 0 Å². The van der Waals surface area contributed by atoms with E-state index in [9.17, 15) is 14.5 Å². The Bertz CT molecular complexity index is 696. The number of hydrogen-bond acceptors (Lipinski definition) is 6. The number of furan rings is 1. The molecule has 0 atom stereocenters. The molecule has 0 unspecified atom stereocenters. The SMILES string of the molecule is Cn1c(=O)c(N=O)c(N)n(Cc2ccco2)c1=O. The van der Waals surface area contributed by atoms with E-state index in [0.717, 1.165) is 9.13 Å². The molecule has 0 aliphatic rings. The standard InChI is InChI=1S/C10H10N4O4/c1-13-9(15)7(12-17)8(11)14(10(13)16)5-6-3-2-4-18-6/h2-4H,5,11H2,1H3. The summed E-state index contributed by atoms with van der Waals surface area (Å²) in [5.41, 5.74) is 3.66. The maximum atomic E-state index is 11.9. The number of rotatable bonds is 3. The van der Waals surface area contributed by atoms with Crippen LogP contribution in [-0.4, -0.2) is 9.13 Å². The lowest BCUT2D eigenvalue weighted by Crippen LogP contribution is -2.39. The first kappa shape index (κ1) is 11.8. The second kappa shape index (κ2) is 4.32. The number of nitroso groups, excluding NO2 is 1. The van der Waals surface area contributed by atoms with Crippen molar-refractivity contribution < 1.29 is 4.42 Å². The number of anilines is 1. The Hall–Kier alpha value is -2.64. The number of hydrogen-bond donors (Lipinski definition) is 1. The lowest BCUT2D eigenvalue weighted by molar-refractivity contribution is 0.484. The van der Waals surface area contributed by atoms with E-state index in [4.69, 9.17) is 10.2 Å². The van der Waals surface area contributed by atoms with E-state index in [0.29, 0.717) is 5.76 Å². The van der Waals surface area contributed by atoms with Crippen LogP contribution in [0.2, 0.25) is 0 Å². The van der Waals surface area contributed by atoms with Gasteiger partial charge < -0.3 is 10.2 Å². The first-order chi connectivity index (χ1) is 8.56. The van der Waals surface area contributed by atoms with E-state index >= 15 is 0 Å². The number of nitrogen functional groups attached to an aromatic ring is 1. The molecule has 8 nitrogen and oxygen atoms in total. The van der Waals surface area contributed by atoms with Gasteiger partial charge in [0.2, 0.25) is 5.69 Å². The highest BCUT2D eigenvalue weighted by molar-refractivity contribution is 5.56. The molecule has 0 aromatic carbocycles. The zero-order chi connectivity index (χ0) is 13.3. The van der Waals surface area contributed by atoms with Crippen molar-refractivity contribution in [1.29, 1.82) is 0 Å². The van der Waals surface area contributed by atoms with Gasteiger partial charge >= 0.3 is 5.69 Å². The van der Waals surface area contributed by atoms with E-state index in [1.54, 1.807) is 12.1 Å². The Morgan fingerprint density at radius 1 is 1.44 bits per heavy atom. The Labute approximate surface area is 100 Å². The first-order valence-corrected chi connectivity index (χ1v) is 5.01. The Balaban J connectivity index is 2.67. The molecule has 8 heteroatoms. The van der Waals surface area contributed by atoms with Gasteiger partial charge in [0, 0.05) is 7.05 Å². The lowest BCUT2D eigenvalue weighted by Gasteiger charge is -2.10. The largest absolute Gasteiger partial charge is 0.467 e. The van der Waals surface area contributed by atoms with Crippen LogP contribution in [0.25, 0.3) is 0 Å². The predicted molar refractivity (Wildman–Crippen MR) is 63.6 cm³/mol. The van der Waals surface area contributed by atoms with E-state index in [1.165, 1.54) is 13.3 Å². The van der Waals surface area contributed by atoms with Crippen LogP contribution in [0.15, 0.2) is 37.6 Å². The van der Waals surface area contributed by atoms with Crippen LogP contribution in [0.4, 0.5) is 11.5 Å². The second-order valence-electron chi connectivity index (χ2n) is 3.64. The van der Waals surface area contributed by atoms with Crippen molar-refractivity contribution in [2.75, 3.05) is 5.73 Å². The van der Waals surface area contributed by atoms with Gasteiger partial charge in [0.05, 0.1) is 12.8 Å². The smallest absolute Gasteiger partial charge is 0.332 e. The van der Waals surface area contributed by atoms with E-state index in [-0.39, 0.29) is 12.4 Å². The molecule has 0 fully saturated rings. The molecular formula is C10H10N4O4. The summed E-state index contributed by atoms with van der Waals surface area (Å²) in [7, 11) is 1.25. The Morgan fingerprint density at radius 3 is 2.72 bits per heavy atom. The predicted octanol–water partition coefficient (Wildman–Crippen LogP) is 0.168. The molecule has 0 bridgehead atoms. The molecule has 0 radical (unpaired) electrons. The minimum absolute atomic E-state index is 0.0221. The summed E-state index contributed by atoms with van der Waals surface area (Å²) in [6.45, 7) is 0.0221. The summed E-state index contributed by atoms with van der Waals surface area (Å²) in [4.78, 5) is 34.0. The van der Waals surface area contributed by atoms with E-state index in [1.807, 2.05) is 0 Å². The van der Waals surface area contributed by atoms with Gasteiger partial charge in [-0.15, -0.1) is 4.91 Å². The molecule has 18 heavy (non-hydrogen) atoms. The van der Waals surface area contributed by atoms with Gasteiger partial charge in [0.1, 0.15) is 11.6 Å². The zero-order valence-electron chi connectivity index (χ0n) is 9.49. The van der Waals surface area contributed by atoms with Crippen molar-refractivity contribution in [3.63, 3.8) is 0 Å². The van der Waals surface area contributed by atoms with E-state index < -0.39 is 16.9 Å². The van der Waals surface area contributed by atoms with Gasteiger partial charge in [0.25, 0.3) is 5.56 Å². The number of aromatic nitrogens is 2. The highest BCUT2D eigenvalue weighted by atomic mass is 16.3. The van der Waals surface area contributed by atoms with Crippen molar-refractivity contribution >= 4 is 11.5 Å². The summed E-state index contributed by atoms with van der Waals surface area (Å²) in [6.07, 6.45) is 1.44. The topological polar surface area (TPSA) is 113 Å². The molecule has 2 aromatic rings. The maximum Gasteiger partial charge on any atom is 0.332 e. The van der Waals surface area contributed by atoms with Crippen LogP contribution in [0.1, 0.15) is 5.76 Å². The lowest BCUT2D eigenvalue weighted by atomic mass is 10.4. The van der Waals surface area contributed by atoms with Gasteiger partial charge in [-0.3, -0.25) is 13.9 Å². The number of nitrogens with zero attached hydrogens (tertiary/aromatic N) is 3. The van der Waals surface area contributed by atoms with Gasteiger partial charge in [-0.2, -0.15) is 0 Å².